The van der Waals surface area contributed by atoms with Crippen LogP contribution >= 0.6 is 0 Å². The summed E-state index contributed by atoms with van der Waals surface area (Å²) in [5.74, 6) is 2.53. The molecule has 1 heterocycles. The van der Waals surface area contributed by atoms with Crippen LogP contribution < -0.4 is 5.14 Å². The number of rotatable bonds is 0. The predicted octanol–water partition coefficient (Wildman–Crippen LogP) is -2.43. The fourth-order valence-electron chi connectivity index (χ4n) is 1.04. The minimum Gasteiger partial charge on any atom is -0.378 e. The summed E-state index contributed by atoms with van der Waals surface area (Å²) in [6, 6.07) is 4.92. The first-order valence-electron chi connectivity index (χ1n) is 3.46. The molecular formula is C6H6B3N3. The Hall–Kier alpha value is -1.57. The van der Waals surface area contributed by atoms with E-state index in [1.54, 1.807) is 9.44 Å². The van der Waals surface area contributed by atoms with E-state index < -0.39 is 0 Å². The van der Waals surface area contributed by atoms with Crippen molar-refractivity contribution in [1.82, 2.24) is 14.6 Å². The highest BCUT2D eigenvalue weighted by Gasteiger charge is 2.31. The van der Waals surface area contributed by atoms with Crippen molar-refractivity contribution in [1.29, 1.82) is 0 Å². The first kappa shape index (κ1) is 8.53. The van der Waals surface area contributed by atoms with Gasteiger partial charge in [0.15, 0.2) is 0 Å². The largest absolute Gasteiger partial charge is 0.456 e. The van der Waals surface area contributed by atoms with Gasteiger partial charge in [-0.2, -0.15) is 0 Å². The number of hydrogen-bond acceptors (Lipinski definition) is 3. The molecule has 54 valence electrons. The van der Waals surface area contributed by atoms with Crippen LogP contribution in [-0.4, -0.2) is 31.5 Å². The van der Waals surface area contributed by atoms with Crippen molar-refractivity contribution >= 4 is 22.1 Å². The van der Waals surface area contributed by atoms with E-state index in [9.17, 15) is 0 Å². The van der Waals surface area contributed by atoms with Crippen LogP contribution in [0.4, 0.5) is 0 Å². The van der Waals surface area contributed by atoms with Crippen LogP contribution in [0.2, 0.25) is 0 Å². The highest BCUT2D eigenvalue weighted by Crippen LogP contribution is 1.98. The highest BCUT2D eigenvalue weighted by molar-refractivity contribution is 6.80. The van der Waals surface area contributed by atoms with Gasteiger partial charge in [0.25, 0.3) is 0 Å². The molecule has 1 N–H and O–H groups in total. The summed E-state index contributed by atoms with van der Waals surface area (Å²) in [6.07, 6.45) is 15.7. The Labute approximate surface area is 74.6 Å². The summed E-state index contributed by atoms with van der Waals surface area (Å²) in [6.45, 7) is -0.291. The van der Waals surface area contributed by atoms with Crippen LogP contribution in [0.1, 0.15) is 0 Å². The van der Waals surface area contributed by atoms with Gasteiger partial charge in [0.2, 0.25) is 0 Å². The van der Waals surface area contributed by atoms with E-state index in [1.165, 1.54) is 0 Å². The van der Waals surface area contributed by atoms with Gasteiger partial charge in [0, 0.05) is 0 Å². The summed E-state index contributed by atoms with van der Waals surface area (Å²) in [4.78, 5) is 0. The number of terminal acetylenes is 3. The molecule has 0 bridgehead atoms. The van der Waals surface area contributed by atoms with Gasteiger partial charge in [0.05, 0.1) is 0 Å². The van der Waals surface area contributed by atoms with Gasteiger partial charge in [-0.3, -0.25) is 0 Å². The molecule has 0 spiro atoms. The smallest absolute Gasteiger partial charge is 0.378 e. The number of hydrogen-bond donors (Lipinski definition) is 1. The molecule has 0 aromatic heterocycles. The molecule has 6 heteroatoms. The van der Waals surface area contributed by atoms with Crippen LogP contribution in [0.25, 0.3) is 0 Å². The van der Waals surface area contributed by atoms with Crippen molar-refractivity contribution in [2.45, 2.75) is 0 Å². The monoisotopic (exact) mass is 153 g/mol. The molecule has 0 radical (unpaired) electrons. The standard InChI is InChI=1S/C6H6B3N3/c1-4-9-11(5-2)7-10-8-12(9)6-3/h1-3,7-8,10H. The minimum absolute atomic E-state index is 0.291. The van der Waals surface area contributed by atoms with Crippen LogP contribution in [0.3, 0.4) is 0 Å². The summed E-state index contributed by atoms with van der Waals surface area (Å²) in [5.41, 5.74) is 0. The molecule has 0 saturated carbocycles. The molecule has 12 heavy (non-hydrogen) atoms. The predicted molar refractivity (Wildman–Crippen MR) is 53.4 cm³/mol. The fourth-order valence-corrected chi connectivity index (χ4v) is 1.04. The molecule has 1 rings (SSSR count). The fraction of sp³-hybridized carbons (Fsp3) is 0. The van der Waals surface area contributed by atoms with Crippen molar-refractivity contribution < 1.29 is 0 Å². The lowest BCUT2D eigenvalue weighted by molar-refractivity contribution is 0.790. The van der Waals surface area contributed by atoms with Crippen LogP contribution in [0, 0.1) is 37.2 Å². The molecule has 1 aliphatic heterocycles. The topological polar surface area (TPSA) is 18.5 Å². The lowest BCUT2D eigenvalue weighted by Crippen LogP contribution is -2.63. The van der Waals surface area contributed by atoms with Gasteiger partial charge < -0.3 is 14.6 Å². The summed E-state index contributed by atoms with van der Waals surface area (Å²) in [7, 11) is 1.15. The average Bonchev–Trinajstić information content (AvgIpc) is 2.16. The second-order valence-corrected chi connectivity index (χ2v) is 2.30. The Balaban J connectivity index is 2.77. The second kappa shape index (κ2) is 3.72. The third kappa shape index (κ3) is 1.37. The van der Waals surface area contributed by atoms with Gasteiger partial charge in [-0.25, -0.2) is 0 Å². The zero-order chi connectivity index (χ0) is 8.97. The average molecular weight is 153 g/mol. The second-order valence-electron chi connectivity index (χ2n) is 2.30. The van der Waals surface area contributed by atoms with E-state index in [0.717, 1.165) is 0 Å². The van der Waals surface area contributed by atoms with Crippen molar-refractivity contribution in [2.24, 2.45) is 0 Å². The molecule has 1 saturated heterocycles. The van der Waals surface area contributed by atoms with Gasteiger partial charge in [-0.05, 0) is 12.1 Å². The third-order valence-electron chi connectivity index (χ3n) is 1.64. The normalized spacial score (nSPS) is 14.9. The van der Waals surface area contributed by atoms with Crippen molar-refractivity contribution in [3.63, 3.8) is 0 Å². The quantitative estimate of drug-likeness (QED) is 0.308. The molecule has 0 amide bonds. The maximum atomic E-state index is 5.28. The first-order chi connectivity index (χ1) is 5.83. The molecule has 1 fully saturated rings. The Morgan fingerprint density at radius 2 is 1.58 bits per heavy atom. The maximum Gasteiger partial charge on any atom is 0.456 e. The van der Waals surface area contributed by atoms with Crippen molar-refractivity contribution in [3.05, 3.63) is 0 Å². The van der Waals surface area contributed by atoms with Gasteiger partial charge in [-0.15, -0.1) is 12.2 Å². The number of nitrogens with zero attached hydrogens (tertiary/aromatic N) is 2. The van der Waals surface area contributed by atoms with E-state index in [2.05, 4.69) is 23.0 Å². The Bertz CT molecular complexity index is 262. The van der Waals surface area contributed by atoms with Crippen molar-refractivity contribution in [3.8, 4) is 37.2 Å². The SMILES string of the molecule is C#CB1N(C#C)BNBN1C#C. The van der Waals surface area contributed by atoms with E-state index in [-0.39, 0.29) is 6.98 Å². The van der Waals surface area contributed by atoms with Crippen LogP contribution in [0.15, 0.2) is 0 Å². The summed E-state index contributed by atoms with van der Waals surface area (Å²) in [5, 5.41) is 3.02. The first-order valence-corrected chi connectivity index (χ1v) is 3.46. The van der Waals surface area contributed by atoms with E-state index >= 15 is 0 Å². The molecule has 1 aliphatic rings. The third-order valence-corrected chi connectivity index (χ3v) is 1.64. The zero-order valence-corrected chi connectivity index (χ0v) is 6.62. The maximum absolute atomic E-state index is 5.28. The molecule has 0 aromatic carbocycles. The lowest BCUT2D eigenvalue weighted by Gasteiger charge is -2.33. The molecular weight excluding hydrogens is 147 g/mol. The highest BCUT2D eigenvalue weighted by atomic mass is 15.2. The van der Waals surface area contributed by atoms with E-state index in [0.29, 0.717) is 15.1 Å². The van der Waals surface area contributed by atoms with E-state index in [4.69, 9.17) is 19.3 Å². The van der Waals surface area contributed by atoms with Gasteiger partial charge in [0.1, 0.15) is 0 Å². The molecule has 0 aromatic rings. The molecule has 0 atom stereocenters. The van der Waals surface area contributed by atoms with Crippen LogP contribution in [-0.2, 0) is 0 Å². The molecule has 3 nitrogen and oxygen atoms in total. The Kier molecular flexibility index (Phi) is 2.64. The Morgan fingerprint density at radius 1 is 1.08 bits per heavy atom. The van der Waals surface area contributed by atoms with Crippen LogP contribution in [0.5, 0.6) is 0 Å². The number of nitrogens with one attached hydrogen (secondary N) is 1. The summed E-state index contributed by atoms with van der Waals surface area (Å²) >= 11 is 0. The van der Waals surface area contributed by atoms with Crippen molar-refractivity contribution in [2.75, 3.05) is 0 Å². The molecule has 0 unspecified atom stereocenters. The van der Waals surface area contributed by atoms with Gasteiger partial charge >= 0.3 is 22.1 Å². The Morgan fingerprint density at radius 3 is 1.92 bits per heavy atom. The van der Waals surface area contributed by atoms with E-state index in [1.807, 2.05) is 0 Å². The van der Waals surface area contributed by atoms with Gasteiger partial charge in [-0.1, -0.05) is 12.8 Å². The zero-order valence-electron chi connectivity index (χ0n) is 6.62. The summed E-state index contributed by atoms with van der Waals surface area (Å²) < 4.78 is 3.26. The molecule has 0 aliphatic carbocycles. The minimum atomic E-state index is -0.291. The lowest BCUT2D eigenvalue weighted by atomic mass is 9.61.